The number of hydrogen-bond acceptors (Lipinski definition) is 9. The van der Waals surface area contributed by atoms with Crippen LogP contribution < -0.4 is 0 Å². The van der Waals surface area contributed by atoms with Gasteiger partial charge in [-0.2, -0.15) is 0 Å². The van der Waals surface area contributed by atoms with E-state index >= 15 is 0 Å². The van der Waals surface area contributed by atoms with Crippen molar-refractivity contribution in [1.82, 2.24) is 0 Å². The molecule has 0 radical (unpaired) electrons. The van der Waals surface area contributed by atoms with Crippen LogP contribution in [0.1, 0.15) is 107 Å². The molecule has 10 aromatic carbocycles. The Kier molecular flexibility index (Phi) is 23.2. The first-order valence-corrected chi connectivity index (χ1v) is 26.1. The third-order valence-electron chi connectivity index (χ3n) is 12.7. The number of hydrogen-bond donors (Lipinski definition) is 8. The largest absolute Gasteiger partial charge is 0.507 e. The molecule has 0 unspecified atom stereocenters. The van der Waals surface area contributed by atoms with E-state index in [1.807, 2.05) is 189 Å². The summed E-state index contributed by atoms with van der Waals surface area (Å²) in [5, 5.41) is 87.2. The van der Waals surface area contributed by atoms with Gasteiger partial charge in [-0.25, -0.2) is 0 Å². The van der Waals surface area contributed by atoms with E-state index in [-0.39, 0.29) is 127 Å². The van der Waals surface area contributed by atoms with Gasteiger partial charge >= 0.3 is 0 Å². The van der Waals surface area contributed by atoms with E-state index in [1.54, 1.807) is 64.1 Å². The Morgan fingerprint density at radius 1 is 0.362 bits per heavy atom. The molecule has 0 aliphatic heterocycles. The van der Waals surface area contributed by atoms with Gasteiger partial charge in [-0.15, -0.1) is 0 Å². The maximum atomic E-state index is 13.2. The fourth-order valence-electron chi connectivity index (χ4n) is 9.28. The summed E-state index contributed by atoms with van der Waals surface area (Å²) in [5.74, 6) is 0.312. The van der Waals surface area contributed by atoms with Gasteiger partial charge in [-0.05, 0) is 143 Å². The van der Waals surface area contributed by atoms with Gasteiger partial charge in [0.25, 0.3) is 0 Å². The van der Waals surface area contributed by atoms with Crippen molar-refractivity contribution in [3.8, 4) is 56.8 Å². The van der Waals surface area contributed by atoms with Crippen LogP contribution in [0.25, 0.3) is 65.3 Å². The molecule has 0 aliphatic rings. The Labute approximate surface area is 509 Å². The number of aliphatic hydroxyl groups is 2. The molecule has 9 nitrogen and oxygen atoms in total. The van der Waals surface area contributed by atoms with E-state index in [4.69, 9.17) is 10.2 Å². The predicted molar refractivity (Wildman–Crippen MR) is 322 cm³/mol. The van der Waals surface area contributed by atoms with Crippen molar-refractivity contribution >= 4 is 48.9 Å². The molecule has 0 fully saturated rings. The first kappa shape index (κ1) is 65.9. The summed E-state index contributed by atoms with van der Waals surface area (Å²) in [4.78, 5) is 13.2. The van der Waals surface area contributed by atoms with Crippen LogP contribution in [0.2, 0.25) is 0 Å². The van der Waals surface area contributed by atoms with Crippen molar-refractivity contribution in [2.75, 3.05) is 0 Å². The van der Waals surface area contributed by atoms with Gasteiger partial charge in [-0.3, -0.25) is 4.79 Å². The summed E-state index contributed by atoms with van der Waals surface area (Å²) in [6, 6.07) is 52.9. The van der Waals surface area contributed by atoms with Gasteiger partial charge in [0.05, 0.1) is 11.1 Å². The maximum absolute atomic E-state index is 13.2. The fraction of sp³-hybridized carbons (Fsp3) is 0.232. The first-order valence-electron chi connectivity index (χ1n) is 26.1. The molecule has 412 valence electrons. The Bertz CT molecular complexity index is 3340. The summed E-state index contributed by atoms with van der Waals surface area (Å²) in [6.45, 7) is 22.7. The van der Waals surface area contributed by atoms with Gasteiger partial charge in [0, 0.05) is 98.0 Å². The standard InChI is InChI=1S/C23H30O3.2C20H14O2.2C3H8O.2Zr/c1-13-9-15(20(25)17(11-13)22(3,4)5)19(24)16-10-14(2)12-18(21(16)26)23(6,7)8;2*21-17-11-9-13-5-1-3-7-15(13)19(17)20-16-8-4-2-6-14(16)10-12-18(20)22;2*1-3(2)4;;/h9-12,25-26H,1-8H3;2*1-12,21-22H;2*3-4H,1-2H3;;. The molecule has 0 aliphatic carbocycles. The van der Waals surface area contributed by atoms with Crippen LogP contribution in [-0.2, 0) is 63.2 Å². The number of phenolic OH excluding ortho intramolecular Hbond substituents is 6. The molecule has 8 N–H and O–H groups in total. The second-order valence-electron chi connectivity index (χ2n) is 22.2. The Balaban J connectivity index is 0.000000239. The average molecular weight is 1230 g/mol. The molecule has 0 spiro atoms. The number of aliphatic hydroxyl groups excluding tert-OH is 2. The average Bonchev–Trinajstić information content (AvgIpc) is 3.37. The molecule has 0 heterocycles. The first-order chi connectivity index (χ1) is 36.7. The van der Waals surface area contributed by atoms with Crippen molar-refractivity contribution < 1.29 is 98.1 Å². The zero-order valence-electron chi connectivity index (χ0n) is 47.8. The Morgan fingerprint density at radius 3 is 0.787 bits per heavy atom. The van der Waals surface area contributed by atoms with Gasteiger partial charge in [0.1, 0.15) is 34.5 Å². The van der Waals surface area contributed by atoms with E-state index in [0.717, 1.165) is 65.3 Å². The predicted octanol–water partition coefficient (Wildman–Crippen LogP) is 16.5. The number of fused-ring (bicyclic) bond motifs is 4. The molecule has 10 rings (SSSR count). The smallest absolute Gasteiger partial charge is 0.200 e. The zero-order valence-corrected chi connectivity index (χ0v) is 52.7. The molecule has 0 atom stereocenters. The van der Waals surface area contributed by atoms with Crippen molar-refractivity contribution in [2.24, 2.45) is 0 Å². The van der Waals surface area contributed by atoms with E-state index < -0.39 is 0 Å². The number of carbonyl (C=O) groups excluding carboxylic acids is 1. The third kappa shape index (κ3) is 15.9. The third-order valence-corrected chi connectivity index (χ3v) is 12.7. The minimum absolute atomic E-state index is 0. The summed E-state index contributed by atoms with van der Waals surface area (Å²) in [7, 11) is 0. The van der Waals surface area contributed by atoms with Gasteiger partial charge < -0.3 is 40.9 Å². The molecule has 0 bridgehead atoms. The number of aromatic hydroxyl groups is 6. The summed E-state index contributed by atoms with van der Waals surface area (Å²) in [5.41, 5.74) is 5.82. The Morgan fingerprint density at radius 2 is 0.575 bits per heavy atom. The SMILES string of the molecule is CC(C)O.CC(C)O.Cc1cc(C(=O)c2cc(C)cc(C(C)(C)C)c2O)c(O)c(C(C)(C)C)c1.Oc1ccc2ccccc2c1-c1c(O)ccc2ccccc12.Oc1ccc2ccccc2c1-c1c(O)ccc2ccccc12.[Zr].[Zr]. The number of ketones is 1. The summed E-state index contributed by atoms with van der Waals surface area (Å²) >= 11 is 0. The molecule has 0 saturated carbocycles. The van der Waals surface area contributed by atoms with Crippen LogP contribution in [0, 0.1) is 13.8 Å². The van der Waals surface area contributed by atoms with Crippen LogP contribution in [0.4, 0.5) is 0 Å². The second kappa shape index (κ2) is 28.2. The Hall–Kier alpha value is -6.60. The van der Waals surface area contributed by atoms with Crippen LogP contribution >= 0.6 is 0 Å². The minimum Gasteiger partial charge on any atom is -0.507 e. The topological polar surface area (TPSA) is 179 Å². The van der Waals surface area contributed by atoms with Crippen molar-refractivity contribution in [2.45, 2.75) is 106 Å². The van der Waals surface area contributed by atoms with E-state index in [9.17, 15) is 35.4 Å². The van der Waals surface area contributed by atoms with E-state index in [1.165, 1.54) is 0 Å². The van der Waals surface area contributed by atoms with Crippen LogP contribution in [0.15, 0.2) is 170 Å². The number of rotatable bonds is 4. The number of benzene rings is 10. The maximum Gasteiger partial charge on any atom is 0.200 e. The molecule has 11 heteroatoms. The molecule has 0 aromatic heterocycles. The van der Waals surface area contributed by atoms with E-state index in [0.29, 0.717) is 22.3 Å². The van der Waals surface area contributed by atoms with Gasteiger partial charge in [0.15, 0.2) is 0 Å². The van der Waals surface area contributed by atoms with E-state index in [2.05, 4.69) is 0 Å². The van der Waals surface area contributed by atoms with Crippen molar-refractivity contribution in [3.63, 3.8) is 0 Å². The quantitative estimate of drug-likeness (QED) is 0.0797. The monoisotopic (exact) mass is 1230 g/mol. The molecular formula is C69H74O9Zr2. The fourth-order valence-corrected chi connectivity index (χ4v) is 9.28. The second-order valence-corrected chi connectivity index (χ2v) is 22.2. The number of carbonyl (C=O) groups is 1. The normalized spacial score (nSPS) is 11.0. The van der Waals surface area contributed by atoms with Crippen LogP contribution in [0.5, 0.6) is 34.5 Å². The molecule has 10 aromatic rings. The number of phenols is 6. The van der Waals surface area contributed by atoms with Gasteiger partial charge in [-0.1, -0.05) is 175 Å². The molecule has 0 amide bonds. The minimum atomic E-state index is -0.358. The summed E-state index contributed by atoms with van der Waals surface area (Å²) in [6.07, 6.45) is -0.333. The van der Waals surface area contributed by atoms with Crippen molar-refractivity contribution in [3.05, 3.63) is 203 Å². The molecule has 80 heavy (non-hydrogen) atoms. The van der Waals surface area contributed by atoms with Crippen LogP contribution in [0.3, 0.4) is 0 Å². The molecule has 0 saturated heterocycles. The van der Waals surface area contributed by atoms with Crippen LogP contribution in [-0.4, -0.2) is 58.8 Å². The zero-order chi connectivity index (χ0) is 57.4. The van der Waals surface area contributed by atoms with Gasteiger partial charge in [0.2, 0.25) is 5.78 Å². The molecular weight excluding hydrogens is 1160 g/mol. The number of aryl methyl sites for hydroxylation is 2. The summed E-state index contributed by atoms with van der Waals surface area (Å²) < 4.78 is 0. The van der Waals surface area contributed by atoms with Crippen molar-refractivity contribution in [1.29, 1.82) is 0 Å².